The molecule has 0 amide bonds. The van der Waals surface area contributed by atoms with E-state index in [1.165, 1.54) is 0 Å². The molecule has 0 bridgehead atoms. The Kier molecular flexibility index (Phi) is 4.92. The van der Waals surface area contributed by atoms with E-state index in [1.54, 1.807) is 4.68 Å². The lowest BCUT2D eigenvalue weighted by Crippen LogP contribution is -2.38. The first-order valence-corrected chi connectivity index (χ1v) is 5.50. The first kappa shape index (κ1) is 13.2. The molecule has 0 fully saturated rings. The lowest BCUT2D eigenvalue weighted by Gasteiger charge is -2.24. The molecule has 5 nitrogen and oxygen atoms in total. The highest BCUT2D eigenvalue weighted by atomic mass is 16.3. The second-order valence-electron chi connectivity index (χ2n) is 4.53. The summed E-state index contributed by atoms with van der Waals surface area (Å²) in [6.45, 7) is 3.22. The first-order valence-electron chi connectivity index (χ1n) is 5.50. The Bertz CT molecular complexity index is 308. The zero-order valence-electron chi connectivity index (χ0n) is 9.98. The van der Waals surface area contributed by atoms with E-state index in [0.29, 0.717) is 6.54 Å². The Labute approximate surface area is 96.1 Å². The van der Waals surface area contributed by atoms with Gasteiger partial charge in [0, 0.05) is 38.2 Å². The molecule has 0 unspecified atom stereocenters. The van der Waals surface area contributed by atoms with Gasteiger partial charge in [0.2, 0.25) is 0 Å². The Morgan fingerprint density at radius 1 is 1.44 bits per heavy atom. The maximum Gasteiger partial charge on any atom is 0.0637 e. The van der Waals surface area contributed by atoms with Gasteiger partial charge in [-0.25, -0.2) is 0 Å². The fourth-order valence-electron chi connectivity index (χ4n) is 1.36. The molecule has 0 aromatic carbocycles. The number of aromatic nitrogens is 2. The maximum absolute atomic E-state index is 9.09. The van der Waals surface area contributed by atoms with Crippen LogP contribution >= 0.6 is 0 Å². The summed E-state index contributed by atoms with van der Waals surface area (Å²) >= 11 is 0. The Morgan fingerprint density at radius 3 is 2.62 bits per heavy atom. The summed E-state index contributed by atoms with van der Waals surface area (Å²) in [7, 11) is 1.89. The van der Waals surface area contributed by atoms with Gasteiger partial charge >= 0.3 is 0 Å². The van der Waals surface area contributed by atoms with E-state index >= 15 is 0 Å². The van der Waals surface area contributed by atoms with E-state index in [4.69, 9.17) is 10.2 Å². The van der Waals surface area contributed by atoms with Gasteiger partial charge in [0.15, 0.2) is 0 Å². The van der Waals surface area contributed by atoms with Gasteiger partial charge in [0.05, 0.1) is 18.9 Å². The van der Waals surface area contributed by atoms with Crippen molar-refractivity contribution in [2.24, 2.45) is 12.5 Å². The summed E-state index contributed by atoms with van der Waals surface area (Å²) in [5.74, 6) is 0. The van der Waals surface area contributed by atoms with E-state index < -0.39 is 5.41 Å². The number of aliphatic hydroxyl groups excluding tert-OH is 2. The second-order valence-corrected chi connectivity index (χ2v) is 4.53. The maximum atomic E-state index is 9.09. The second kappa shape index (κ2) is 5.98. The predicted octanol–water partition coefficient (Wildman–Crippen LogP) is -0.457. The van der Waals surface area contributed by atoms with Crippen LogP contribution in [-0.4, -0.2) is 46.3 Å². The van der Waals surface area contributed by atoms with Gasteiger partial charge in [0.1, 0.15) is 0 Å². The highest BCUT2D eigenvalue weighted by Gasteiger charge is 2.21. The molecule has 0 saturated carbocycles. The van der Waals surface area contributed by atoms with Crippen molar-refractivity contribution in [3.8, 4) is 0 Å². The van der Waals surface area contributed by atoms with E-state index in [0.717, 1.165) is 18.7 Å². The predicted molar refractivity (Wildman–Crippen MR) is 62.1 cm³/mol. The van der Waals surface area contributed by atoms with Crippen LogP contribution in [0.5, 0.6) is 0 Å². The minimum atomic E-state index is -0.440. The molecule has 0 atom stereocenters. The van der Waals surface area contributed by atoms with Crippen LogP contribution in [0.4, 0.5) is 0 Å². The van der Waals surface area contributed by atoms with Gasteiger partial charge in [0.25, 0.3) is 0 Å². The molecule has 1 aromatic rings. The smallest absolute Gasteiger partial charge is 0.0637 e. The number of nitrogens with zero attached hydrogens (tertiary/aromatic N) is 2. The van der Waals surface area contributed by atoms with Gasteiger partial charge in [-0.3, -0.25) is 4.68 Å². The number of rotatable bonds is 7. The molecule has 0 spiro atoms. The molecule has 0 aliphatic carbocycles. The molecule has 0 aliphatic heterocycles. The summed E-state index contributed by atoms with van der Waals surface area (Å²) in [5.41, 5.74) is 0.606. The van der Waals surface area contributed by atoms with Crippen molar-refractivity contribution in [3.05, 3.63) is 18.0 Å². The van der Waals surface area contributed by atoms with Crippen LogP contribution in [0, 0.1) is 5.41 Å². The molecule has 3 N–H and O–H groups in total. The Morgan fingerprint density at radius 2 is 2.12 bits per heavy atom. The third-order valence-electron chi connectivity index (χ3n) is 2.64. The van der Waals surface area contributed by atoms with Gasteiger partial charge in [-0.2, -0.15) is 5.10 Å². The third-order valence-corrected chi connectivity index (χ3v) is 2.64. The summed E-state index contributed by atoms with van der Waals surface area (Å²) in [4.78, 5) is 0. The van der Waals surface area contributed by atoms with Crippen LogP contribution in [-0.2, 0) is 13.5 Å². The molecule has 16 heavy (non-hydrogen) atoms. The standard InChI is InChI=1S/C11H21N3O2/c1-11(8-15,9-16)7-12-5-3-10-4-6-14(2)13-10/h4,6,12,15-16H,3,5,7-9H2,1-2H3. The largest absolute Gasteiger partial charge is 0.396 e. The monoisotopic (exact) mass is 227 g/mol. The molecule has 1 heterocycles. The quantitative estimate of drug-likeness (QED) is 0.551. The first-order chi connectivity index (χ1) is 7.59. The average Bonchev–Trinajstić information content (AvgIpc) is 2.70. The highest BCUT2D eigenvalue weighted by molar-refractivity contribution is 4.99. The molecular formula is C11H21N3O2. The molecular weight excluding hydrogens is 206 g/mol. The van der Waals surface area contributed by atoms with Gasteiger partial charge in [-0.05, 0) is 6.07 Å². The molecule has 0 saturated heterocycles. The Balaban J connectivity index is 2.21. The lowest BCUT2D eigenvalue weighted by molar-refractivity contribution is 0.0700. The zero-order valence-corrected chi connectivity index (χ0v) is 9.98. The van der Waals surface area contributed by atoms with Crippen molar-refractivity contribution in [3.63, 3.8) is 0 Å². The number of hydrogen-bond acceptors (Lipinski definition) is 4. The average molecular weight is 227 g/mol. The fourth-order valence-corrected chi connectivity index (χ4v) is 1.36. The van der Waals surface area contributed by atoms with Crippen LogP contribution in [0.2, 0.25) is 0 Å². The van der Waals surface area contributed by atoms with Crippen LogP contribution in [0.3, 0.4) is 0 Å². The van der Waals surface area contributed by atoms with Gasteiger partial charge < -0.3 is 15.5 Å². The molecule has 0 aliphatic rings. The topological polar surface area (TPSA) is 70.3 Å². The molecule has 1 rings (SSSR count). The van der Waals surface area contributed by atoms with E-state index in [1.807, 2.05) is 26.2 Å². The number of nitrogens with one attached hydrogen (secondary N) is 1. The third kappa shape index (κ3) is 3.92. The summed E-state index contributed by atoms with van der Waals surface area (Å²) in [5, 5.41) is 25.7. The molecule has 5 heteroatoms. The SMILES string of the molecule is Cn1ccc(CCNCC(C)(CO)CO)n1. The van der Waals surface area contributed by atoms with Crippen LogP contribution in [0.25, 0.3) is 0 Å². The zero-order chi connectivity index (χ0) is 12.0. The lowest BCUT2D eigenvalue weighted by atomic mass is 9.93. The minimum absolute atomic E-state index is 0.0138. The number of hydrogen-bond donors (Lipinski definition) is 3. The van der Waals surface area contributed by atoms with Crippen molar-refractivity contribution in [2.45, 2.75) is 13.3 Å². The van der Waals surface area contributed by atoms with Crippen molar-refractivity contribution in [1.82, 2.24) is 15.1 Å². The van der Waals surface area contributed by atoms with Crippen molar-refractivity contribution in [1.29, 1.82) is 0 Å². The highest BCUT2D eigenvalue weighted by Crippen LogP contribution is 2.11. The number of aryl methyl sites for hydroxylation is 1. The number of aliphatic hydroxyl groups is 2. The van der Waals surface area contributed by atoms with Crippen LogP contribution in [0.1, 0.15) is 12.6 Å². The molecule has 92 valence electrons. The minimum Gasteiger partial charge on any atom is -0.396 e. The Hall–Kier alpha value is -0.910. The van der Waals surface area contributed by atoms with Gasteiger partial charge in [-0.1, -0.05) is 6.92 Å². The summed E-state index contributed by atoms with van der Waals surface area (Å²) in [6, 6.07) is 1.99. The van der Waals surface area contributed by atoms with Crippen LogP contribution in [0.15, 0.2) is 12.3 Å². The summed E-state index contributed by atoms with van der Waals surface area (Å²) < 4.78 is 1.78. The van der Waals surface area contributed by atoms with E-state index in [-0.39, 0.29) is 13.2 Å². The molecule has 0 radical (unpaired) electrons. The van der Waals surface area contributed by atoms with E-state index in [2.05, 4.69) is 10.4 Å². The van der Waals surface area contributed by atoms with Crippen LogP contribution < -0.4 is 5.32 Å². The van der Waals surface area contributed by atoms with Gasteiger partial charge in [-0.15, -0.1) is 0 Å². The fraction of sp³-hybridized carbons (Fsp3) is 0.727. The normalized spacial score (nSPS) is 12.0. The molecule has 1 aromatic heterocycles. The summed E-state index contributed by atoms with van der Waals surface area (Å²) in [6.07, 6.45) is 2.77. The van der Waals surface area contributed by atoms with E-state index in [9.17, 15) is 0 Å². The van der Waals surface area contributed by atoms with Crippen molar-refractivity contribution < 1.29 is 10.2 Å². The van der Waals surface area contributed by atoms with Crippen molar-refractivity contribution >= 4 is 0 Å². The van der Waals surface area contributed by atoms with Crippen molar-refractivity contribution in [2.75, 3.05) is 26.3 Å².